The molecule has 1 saturated heterocycles. The van der Waals surface area contributed by atoms with Gasteiger partial charge in [0, 0.05) is 31.7 Å². The number of nitrogens with one attached hydrogen (secondary N) is 1. The first-order chi connectivity index (χ1) is 11.7. The lowest BCUT2D eigenvalue weighted by molar-refractivity contribution is 0.0157. The molecule has 0 bridgehead atoms. The minimum absolute atomic E-state index is 0.0675. The van der Waals surface area contributed by atoms with Gasteiger partial charge in [0.1, 0.15) is 5.82 Å². The van der Waals surface area contributed by atoms with Crippen molar-refractivity contribution >= 4 is 0 Å². The van der Waals surface area contributed by atoms with E-state index in [0.717, 1.165) is 38.5 Å². The van der Waals surface area contributed by atoms with E-state index in [1.165, 1.54) is 17.8 Å². The summed E-state index contributed by atoms with van der Waals surface area (Å²) >= 11 is 0. The zero-order valence-corrected chi connectivity index (χ0v) is 14.0. The maximum absolute atomic E-state index is 13.0. The van der Waals surface area contributed by atoms with Crippen LogP contribution in [0.25, 0.3) is 0 Å². The number of aromatic nitrogens is 1. The van der Waals surface area contributed by atoms with E-state index in [0.29, 0.717) is 0 Å². The molecule has 1 N–H and O–H groups in total. The van der Waals surface area contributed by atoms with Gasteiger partial charge in [-0.1, -0.05) is 30.3 Å². The average molecular weight is 329 g/mol. The maximum Gasteiger partial charge on any atom is 0.141 e. The molecule has 3 rings (SSSR count). The van der Waals surface area contributed by atoms with Crippen molar-refractivity contribution in [3.05, 3.63) is 65.7 Å². The van der Waals surface area contributed by atoms with Gasteiger partial charge in [0.05, 0.1) is 25.1 Å². The van der Waals surface area contributed by atoms with Gasteiger partial charge in [-0.15, -0.1) is 0 Å². The van der Waals surface area contributed by atoms with Crippen LogP contribution in [0.2, 0.25) is 0 Å². The summed E-state index contributed by atoms with van der Waals surface area (Å²) in [6.45, 7) is 6.29. The normalized spacial score (nSPS) is 18.2. The Morgan fingerprint density at radius 3 is 2.58 bits per heavy atom. The van der Waals surface area contributed by atoms with Crippen molar-refractivity contribution in [3.63, 3.8) is 0 Å². The highest BCUT2D eigenvalue weighted by Gasteiger charge is 2.23. The van der Waals surface area contributed by atoms with Crippen molar-refractivity contribution in [1.82, 2.24) is 15.2 Å². The lowest BCUT2D eigenvalue weighted by atomic mass is 10.0. The fourth-order valence-corrected chi connectivity index (χ4v) is 3.06. The highest BCUT2D eigenvalue weighted by atomic mass is 19.1. The van der Waals surface area contributed by atoms with Crippen LogP contribution in [0.3, 0.4) is 0 Å². The Morgan fingerprint density at radius 1 is 1.17 bits per heavy atom. The third-order valence-electron chi connectivity index (χ3n) is 4.48. The van der Waals surface area contributed by atoms with Crippen molar-refractivity contribution in [2.24, 2.45) is 0 Å². The molecule has 0 saturated carbocycles. The number of hydrogen-bond donors (Lipinski definition) is 1. The van der Waals surface area contributed by atoms with Gasteiger partial charge in [0.2, 0.25) is 0 Å². The molecule has 0 radical (unpaired) electrons. The lowest BCUT2D eigenvalue weighted by Crippen LogP contribution is -2.43. The minimum Gasteiger partial charge on any atom is -0.379 e. The van der Waals surface area contributed by atoms with E-state index >= 15 is 0 Å². The molecule has 4 nitrogen and oxygen atoms in total. The topological polar surface area (TPSA) is 37.4 Å². The molecule has 128 valence electrons. The smallest absolute Gasteiger partial charge is 0.141 e. The molecule has 1 aliphatic heterocycles. The summed E-state index contributed by atoms with van der Waals surface area (Å²) in [5, 5.41) is 3.55. The van der Waals surface area contributed by atoms with E-state index in [-0.39, 0.29) is 17.9 Å². The predicted molar refractivity (Wildman–Crippen MR) is 92.2 cm³/mol. The van der Waals surface area contributed by atoms with Crippen LogP contribution < -0.4 is 5.32 Å². The molecule has 2 atom stereocenters. The first kappa shape index (κ1) is 17.0. The average Bonchev–Trinajstić information content (AvgIpc) is 2.64. The van der Waals surface area contributed by atoms with Crippen molar-refractivity contribution in [3.8, 4) is 0 Å². The van der Waals surface area contributed by atoms with Gasteiger partial charge >= 0.3 is 0 Å². The van der Waals surface area contributed by atoms with Gasteiger partial charge in [0.25, 0.3) is 0 Å². The van der Waals surface area contributed by atoms with E-state index in [4.69, 9.17) is 4.74 Å². The fourth-order valence-electron chi connectivity index (χ4n) is 3.06. The Hall–Kier alpha value is -1.82. The largest absolute Gasteiger partial charge is 0.379 e. The molecule has 0 unspecified atom stereocenters. The molecule has 0 aliphatic carbocycles. The van der Waals surface area contributed by atoms with Crippen LogP contribution in [-0.2, 0) is 4.74 Å². The summed E-state index contributed by atoms with van der Waals surface area (Å²) < 4.78 is 18.5. The number of halogens is 1. The predicted octanol–water partition coefficient (Wildman–Crippen LogP) is 2.94. The van der Waals surface area contributed by atoms with E-state index in [1.807, 2.05) is 6.07 Å². The Balaban J connectivity index is 1.68. The molecule has 24 heavy (non-hydrogen) atoms. The lowest BCUT2D eigenvalue weighted by Gasteiger charge is -2.35. The first-order valence-corrected chi connectivity index (χ1v) is 8.45. The summed E-state index contributed by atoms with van der Waals surface area (Å²) in [4.78, 5) is 6.63. The molecule has 1 fully saturated rings. The number of hydrogen-bond acceptors (Lipinski definition) is 4. The molecule has 1 aromatic carbocycles. The first-order valence-electron chi connectivity index (χ1n) is 8.45. The van der Waals surface area contributed by atoms with Gasteiger partial charge < -0.3 is 10.1 Å². The Bertz CT molecular complexity index is 614. The van der Waals surface area contributed by atoms with Crippen LogP contribution >= 0.6 is 0 Å². The standard InChI is InChI=1S/C19H24FN3O/c1-15(18-8-7-17(20)13-22-18)21-14-19(16-5-3-2-4-6-16)23-9-11-24-12-10-23/h2-8,13,15,19,21H,9-12,14H2,1H3/t15-,19+/m0/s1. The summed E-state index contributed by atoms with van der Waals surface area (Å²) in [6, 6.07) is 14.1. The molecule has 2 aromatic rings. The van der Waals surface area contributed by atoms with Gasteiger partial charge in [-0.05, 0) is 24.6 Å². The summed E-state index contributed by atoms with van der Waals surface area (Å²) in [5.41, 5.74) is 2.15. The monoisotopic (exact) mass is 329 g/mol. The number of benzene rings is 1. The van der Waals surface area contributed by atoms with Crippen molar-refractivity contribution < 1.29 is 9.13 Å². The van der Waals surface area contributed by atoms with Crippen molar-refractivity contribution in [2.45, 2.75) is 19.0 Å². The third-order valence-corrected chi connectivity index (χ3v) is 4.48. The van der Waals surface area contributed by atoms with Crippen LogP contribution in [0.4, 0.5) is 4.39 Å². The highest BCUT2D eigenvalue weighted by Crippen LogP contribution is 2.22. The Morgan fingerprint density at radius 2 is 1.92 bits per heavy atom. The molecule has 0 spiro atoms. The second-order valence-corrected chi connectivity index (χ2v) is 6.11. The molecule has 2 heterocycles. The molecular weight excluding hydrogens is 305 g/mol. The van der Waals surface area contributed by atoms with Crippen molar-refractivity contribution in [1.29, 1.82) is 0 Å². The summed E-state index contributed by atoms with van der Waals surface area (Å²) in [5.74, 6) is -0.304. The van der Waals surface area contributed by atoms with Gasteiger partial charge in [0.15, 0.2) is 0 Å². The molecule has 5 heteroatoms. The maximum atomic E-state index is 13.0. The SMILES string of the molecule is C[C@H](NC[C@H](c1ccccc1)N1CCOCC1)c1ccc(F)cn1. The van der Waals surface area contributed by atoms with E-state index in [2.05, 4.69) is 46.4 Å². The number of nitrogens with zero attached hydrogens (tertiary/aromatic N) is 2. The van der Waals surface area contributed by atoms with Crippen LogP contribution in [-0.4, -0.2) is 42.7 Å². The molecule has 1 aromatic heterocycles. The Kier molecular flexibility index (Phi) is 5.91. The zero-order chi connectivity index (χ0) is 16.8. The second-order valence-electron chi connectivity index (χ2n) is 6.11. The Labute approximate surface area is 142 Å². The van der Waals surface area contributed by atoms with Gasteiger partial charge in [-0.2, -0.15) is 0 Å². The van der Waals surface area contributed by atoms with Crippen LogP contribution in [0.1, 0.15) is 30.3 Å². The number of pyridine rings is 1. The minimum atomic E-state index is -0.304. The molecular formula is C19H24FN3O. The van der Waals surface area contributed by atoms with Crippen molar-refractivity contribution in [2.75, 3.05) is 32.8 Å². The van der Waals surface area contributed by atoms with E-state index in [1.54, 1.807) is 6.07 Å². The molecule has 1 aliphatic rings. The quantitative estimate of drug-likeness (QED) is 0.884. The van der Waals surface area contributed by atoms with E-state index in [9.17, 15) is 4.39 Å². The number of ether oxygens (including phenoxy) is 1. The van der Waals surface area contributed by atoms with Gasteiger partial charge in [-0.25, -0.2) is 4.39 Å². The van der Waals surface area contributed by atoms with Crippen LogP contribution in [0, 0.1) is 5.82 Å². The summed E-state index contributed by atoms with van der Waals surface area (Å²) in [6.07, 6.45) is 1.27. The van der Waals surface area contributed by atoms with Crippen LogP contribution in [0.5, 0.6) is 0 Å². The fraction of sp³-hybridized carbons (Fsp3) is 0.421. The second kappa shape index (κ2) is 8.33. The zero-order valence-electron chi connectivity index (χ0n) is 14.0. The molecule has 0 amide bonds. The summed E-state index contributed by atoms with van der Waals surface area (Å²) in [7, 11) is 0. The number of rotatable bonds is 6. The number of morpholine rings is 1. The third kappa shape index (κ3) is 4.38. The van der Waals surface area contributed by atoms with Gasteiger partial charge in [-0.3, -0.25) is 9.88 Å². The highest BCUT2D eigenvalue weighted by molar-refractivity contribution is 5.20. The van der Waals surface area contributed by atoms with Crippen LogP contribution in [0.15, 0.2) is 48.7 Å². The van der Waals surface area contributed by atoms with E-state index < -0.39 is 0 Å².